The topological polar surface area (TPSA) is 15.3 Å². The molecule has 1 saturated carbocycles. The molecule has 1 unspecified atom stereocenters. The number of alkyl halides is 3. The fourth-order valence-electron chi connectivity index (χ4n) is 2.66. The van der Waals surface area contributed by atoms with Gasteiger partial charge >= 0.3 is 5.51 Å². The Hall–Kier alpha value is 0.0600. The minimum absolute atomic E-state index is 0.00822. The van der Waals surface area contributed by atoms with Gasteiger partial charge in [-0.2, -0.15) is 13.2 Å². The van der Waals surface area contributed by atoms with Gasteiger partial charge < -0.3 is 5.32 Å². The predicted octanol–water partition coefficient (Wildman–Crippen LogP) is 2.70. The van der Waals surface area contributed by atoms with E-state index in [9.17, 15) is 13.2 Å². The van der Waals surface area contributed by atoms with Gasteiger partial charge in [-0.1, -0.05) is 0 Å². The van der Waals surface area contributed by atoms with Crippen LogP contribution in [0.4, 0.5) is 13.2 Å². The quantitative estimate of drug-likeness (QED) is 0.853. The molecule has 0 radical (unpaired) electrons. The minimum Gasteiger partial charge on any atom is -0.309 e. The summed E-state index contributed by atoms with van der Waals surface area (Å²) in [7, 11) is 0. The van der Waals surface area contributed by atoms with Gasteiger partial charge in [0.05, 0.1) is 0 Å². The maximum Gasteiger partial charge on any atom is 0.441 e. The Kier molecular flexibility index (Phi) is 4.19. The zero-order chi connectivity index (χ0) is 13.4. The van der Waals surface area contributed by atoms with Crippen LogP contribution in [0.25, 0.3) is 0 Å². The smallest absolute Gasteiger partial charge is 0.309 e. The van der Waals surface area contributed by atoms with Gasteiger partial charge in [-0.25, -0.2) is 0 Å². The van der Waals surface area contributed by atoms with E-state index in [0.29, 0.717) is 18.5 Å². The molecule has 2 fully saturated rings. The molecule has 2 nitrogen and oxygen atoms in total. The number of hydrogen-bond donors (Lipinski definition) is 1. The van der Waals surface area contributed by atoms with Crippen molar-refractivity contribution in [3.63, 3.8) is 0 Å². The highest BCUT2D eigenvalue weighted by molar-refractivity contribution is 8.00. The normalized spacial score (nSPS) is 29.5. The van der Waals surface area contributed by atoms with E-state index < -0.39 is 5.51 Å². The first kappa shape index (κ1) is 14.5. The Labute approximate surface area is 111 Å². The molecule has 0 aromatic heterocycles. The van der Waals surface area contributed by atoms with Crippen molar-refractivity contribution in [1.29, 1.82) is 0 Å². The van der Waals surface area contributed by atoms with Crippen molar-refractivity contribution in [3.8, 4) is 0 Å². The van der Waals surface area contributed by atoms with Crippen LogP contribution < -0.4 is 5.32 Å². The Morgan fingerprint density at radius 3 is 2.56 bits per heavy atom. The lowest BCUT2D eigenvalue weighted by molar-refractivity contribution is -0.0330. The van der Waals surface area contributed by atoms with Crippen LogP contribution in [0.5, 0.6) is 0 Å². The molecule has 18 heavy (non-hydrogen) atoms. The highest BCUT2D eigenvalue weighted by atomic mass is 32.2. The molecule has 2 aliphatic rings. The van der Waals surface area contributed by atoms with Crippen LogP contribution >= 0.6 is 11.8 Å². The van der Waals surface area contributed by atoms with Gasteiger partial charge in [0, 0.05) is 37.0 Å². The zero-order valence-corrected chi connectivity index (χ0v) is 11.7. The van der Waals surface area contributed by atoms with Gasteiger partial charge in [0.2, 0.25) is 0 Å². The van der Waals surface area contributed by atoms with Crippen LogP contribution in [0.15, 0.2) is 0 Å². The standard InChI is InChI=1S/C12H21F3N2S/c1-11(2)8-17(5-6-18-12(13,14)15)10(7-16-11)9-3-4-9/h9-10,16H,3-8H2,1-2H3. The third-order valence-electron chi connectivity index (χ3n) is 3.67. The maximum absolute atomic E-state index is 12.2. The summed E-state index contributed by atoms with van der Waals surface area (Å²) >= 11 is 0.0994. The largest absolute Gasteiger partial charge is 0.441 e. The number of thioether (sulfide) groups is 1. The molecule has 106 valence electrons. The van der Waals surface area contributed by atoms with Gasteiger partial charge in [-0.3, -0.25) is 4.90 Å². The van der Waals surface area contributed by atoms with E-state index >= 15 is 0 Å². The number of halogens is 3. The molecular formula is C12H21F3N2S. The number of rotatable bonds is 4. The average Bonchev–Trinajstić information content (AvgIpc) is 2.98. The van der Waals surface area contributed by atoms with Crippen LogP contribution in [0.1, 0.15) is 26.7 Å². The van der Waals surface area contributed by atoms with Crippen molar-refractivity contribution < 1.29 is 13.2 Å². The Bertz CT molecular complexity index is 290. The molecule has 6 heteroatoms. The molecule has 1 heterocycles. The number of piperazine rings is 1. The van der Waals surface area contributed by atoms with E-state index in [0.717, 1.165) is 13.1 Å². The molecule has 0 aromatic rings. The Balaban J connectivity index is 1.85. The van der Waals surface area contributed by atoms with E-state index in [4.69, 9.17) is 0 Å². The molecule has 0 amide bonds. The molecule has 0 spiro atoms. The second-order valence-corrected chi connectivity index (χ2v) is 7.09. The van der Waals surface area contributed by atoms with Crippen molar-refractivity contribution in [1.82, 2.24) is 10.2 Å². The fourth-order valence-corrected chi connectivity index (χ4v) is 3.22. The molecule has 2 rings (SSSR count). The highest BCUT2D eigenvalue weighted by Gasteiger charge is 2.41. The lowest BCUT2D eigenvalue weighted by atomic mass is 9.97. The van der Waals surface area contributed by atoms with E-state index in [2.05, 4.69) is 24.1 Å². The van der Waals surface area contributed by atoms with Crippen LogP contribution in [0.2, 0.25) is 0 Å². The summed E-state index contributed by atoms with van der Waals surface area (Å²) < 4.78 is 36.5. The Morgan fingerprint density at radius 1 is 1.33 bits per heavy atom. The molecule has 0 bridgehead atoms. The SMILES string of the molecule is CC1(C)CN(CCSC(F)(F)F)C(C2CC2)CN1. The van der Waals surface area contributed by atoms with E-state index in [1.807, 2.05) is 0 Å². The minimum atomic E-state index is -4.10. The summed E-state index contributed by atoms with van der Waals surface area (Å²) in [6, 6.07) is 0.437. The first-order valence-corrected chi connectivity index (χ1v) is 7.45. The summed E-state index contributed by atoms with van der Waals surface area (Å²) in [5.74, 6) is 0.840. The molecule has 1 atom stereocenters. The molecule has 0 aromatic carbocycles. The first-order chi connectivity index (χ1) is 8.27. The van der Waals surface area contributed by atoms with Crippen molar-refractivity contribution in [2.24, 2.45) is 5.92 Å². The summed E-state index contributed by atoms with van der Waals surface area (Å²) in [5, 5.41) is 3.50. The highest BCUT2D eigenvalue weighted by Crippen LogP contribution is 2.37. The van der Waals surface area contributed by atoms with E-state index in [-0.39, 0.29) is 23.1 Å². The maximum atomic E-state index is 12.2. The number of hydrogen-bond acceptors (Lipinski definition) is 3. The predicted molar refractivity (Wildman–Crippen MR) is 68.7 cm³/mol. The van der Waals surface area contributed by atoms with E-state index in [1.54, 1.807) is 0 Å². The summed E-state index contributed by atoms with van der Waals surface area (Å²) in [6.07, 6.45) is 2.46. The van der Waals surface area contributed by atoms with Crippen LogP contribution in [0.3, 0.4) is 0 Å². The van der Waals surface area contributed by atoms with E-state index in [1.165, 1.54) is 12.8 Å². The molecular weight excluding hydrogens is 261 g/mol. The lowest BCUT2D eigenvalue weighted by Gasteiger charge is -2.45. The average molecular weight is 282 g/mol. The Morgan fingerprint density at radius 2 is 2.00 bits per heavy atom. The van der Waals surface area contributed by atoms with Crippen molar-refractivity contribution in [2.75, 3.05) is 25.4 Å². The van der Waals surface area contributed by atoms with Crippen LogP contribution in [0, 0.1) is 5.92 Å². The third kappa shape index (κ3) is 4.31. The second kappa shape index (κ2) is 5.21. The molecule has 1 aliphatic heterocycles. The lowest BCUT2D eigenvalue weighted by Crippen LogP contribution is -2.62. The van der Waals surface area contributed by atoms with Crippen molar-refractivity contribution >= 4 is 11.8 Å². The monoisotopic (exact) mass is 282 g/mol. The van der Waals surface area contributed by atoms with Gasteiger partial charge in [-0.15, -0.1) is 0 Å². The molecule has 1 aliphatic carbocycles. The number of nitrogens with one attached hydrogen (secondary N) is 1. The number of nitrogens with zero attached hydrogens (tertiary/aromatic N) is 1. The summed E-state index contributed by atoms with van der Waals surface area (Å²) in [5.41, 5.74) is -4.09. The summed E-state index contributed by atoms with van der Waals surface area (Å²) in [6.45, 7) is 6.51. The van der Waals surface area contributed by atoms with Gasteiger partial charge in [0.25, 0.3) is 0 Å². The summed E-state index contributed by atoms with van der Waals surface area (Å²) in [4.78, 5) is 2.26. The zero-order valence-electron chi connectivity index (χ0n) is 10.9. The van der Waals surface area contributed by atoms with Gasteiger partial charge in [-0.05, 0) is 44.4 Å². The van der Waals surface area contributed by atoms with Crippen molar-refractivity contribution in [3.05, 3.63) is 0 Å². The van der Waals surface area contributed by atoms with Crippen molar-refractivity contribution in [2.45, 2.75) is 43.8 Å². The van der Waals surface area contributed by atoms with Gasteiger partial charge in [0.15, 0.2) is 0 Å². The third-order valence-corrected chi connectivity index (χ3v) is 4.38. The van der Waals surface area contributed by atoms with Crippen LogP contribution in [-0.2, 0) is 0 Å². The first-order valence-electron chi connectivity index (χ1n) is 6.47. The van der Waals surface area contributed by atoms with Gasteiger partial charge in [0.1, 0.15) is 0 Å². The fraction of sp³-hybridized carbons (Fsp3) is 1.00. The second-order valence-electron chi connectivity index (χ2n) is 5.93. The molecule has 1 saturated heterocycles. The van der Waals surface area contributed by atoms with Crippen LogP contribution in [-0.4, -0.2) is 47.4 Å². The molecule has 1 N–H and O–H groups in total.